The number of rotatable bonds is 9. The van der Waals surface area contributed by atoms with Crippen LogP contribution in [0.1, 0.15) is 29.0 Å². The summed E-state index contributed by atoms with van der Waals surface area (Å²) in [6, 6.07) is 20.8. The van der Waals surface area contributed by atoms with Gasteiger partial charge in [-0.25, -0.2) is 9.86 Å². The molecule has 0 radical (unpaired) electrons. The Hall–Kier alpha value is -3.93. The molecule has 0 spiro atoms. The Morgan fingerprint density at radius 1 is 1.02 bits per heavy atom. The van der Waals surface area contributed by atoms with Crippen LogP contribution in [0.15, 0.2) is 89.4 Å². The van der Waals surface area contributed by atoms with E-state index in [-0.39, 0.29) is 24.5 Å². The molecule has 5 rings (SSSR count). The summed E-state index contributed by atoms with van der Waals surface area (Å²) in [5.74, 6) is -2.31. The Morgan fingerprint density at radius 3 is 2.25 bits per heavy atom. The minimum atomic E-state index is -1.16. The van der Waals surface area contributed by atoms with E-state index >= 15 is 0 Å². The van der Waals surface area contributed by atoms with E-state index in [1.54, 1.807) is 12.1 Å². The van der Waals surface area contributed by atoms with Crippen LogP contribution in [0.3, 0.4) is 0 Å². The molecule has 3 heterocycles. The normalized spacial score (nSPS) is 18.2. The minimum Gasteiger partial charge on any atom is -0.461 e. The molecule has 2 aromatic carbocycles. The predicted octanol–water partition coefficient (Wildman–Crippen LogP) is 3.94. The van der Waals surface area contributed by atoms with Crippen LogP contribution in [0.25, 0.3) is 0 Å². The van der Waals surface area contributed by atoms with Crippen molar-refractivity contribution in [2.24, 2.45) is 0 Å². The Labute approximate surface area is 238 Å². The van der Waals surface area contributed by atoms with E-state index in [0.717, 1.165) is 16.0 Å². The number of ether oxygens (including phenoxy) is 2. The van der Waals surface area contributed by atoms with Gasteiger partial charge in [0.15, 0.2) is 12.1 Å². The first kappa shape index (κ1) is 27.6. The number of thioether (sulfide) groups is 1. The lowest BCUT2D eigenvalue weighted by Crippen LogP contribution is -2.71. The summed E-state index contributed by atoms with van der Waals surface area (Å²) in [5, 5.41) is 12.3. The standard InChI is InChI=1S/C29H26N2O7S2/c1-18(32)37-16-21-17-40-28-25(31(36)23(33)15-22-13-8-14-39-22)27(34)30(28)24(21)29(35)38-26(19-9-4-2-5-10-19)20-11-6-3-7-12-20/h2-14,25-26,28,36H,15-17H2,1H3/t25?,28-/m1/s1. The van der Waals surface area contributed by atoms with Crippen molar-refractivity contribution in [3.63, 3.8) is 0 Å². The van der Waals surface area contributed by atoms with Crippen molar-refractivity contribution in [3.8, 4) is 0 Å². The fraction of sp³-hybridized carbons (Fsp3) is 0.241. The van der Waals surface area contributed by atoms with Gasteiger partial charge in [-0.15, -0.1) is 23.1 Å². The number of carbonyl (C=O) groups excluding carboxylic acids is 4. The van der Waals surface area contributed by atoms with Crippen molar-refractivity contribution in [1.29, 1.82) is 0 Å². The third-order valence-electron chi connectivity index (χ3n) is 6.52. The molecule has 2 amide bonds. The zero-order chi connectivity index (χ0) is 28.2. The first-order chi connectivity index (χ1) is 19.3. The molecular weight excluding hydrogens is 552 g/mol. The second kappa shape index (κ2) is 12.1. The molecule has 1 N–H and O–H groups in total. The first-order valence-corrected chi connectivity index (χ1v) is 14.4. The van der Waals surface area contributed by atoms with Gasteiger partial charge in [0.2, 0.25) is 0 Å². The molecule has 206 valence electrons. The maximum Gasteiger partial charge on any atom is 0.356 e. The molecule has 1 fully saturated rings. The fourth-order valence-corrected chi connectivity index (χ4v) is 6.65. The molecule has 1 saturated heterocycles. The fourth-order valence-electron chi connectivity index (χ4n) is 4.59. The summed E-state index contributed by atoms with van der Waals surface area (Å²) >= 11 is 2.64. The highest BCUT2D eigenvalue weighted by molar-refractivity contribution is 8.00. The van der Waals surface area contributed by atoms with Crippen molar-refractivity contribution >= 4 is 46.9 Å². The topological polar surface area (TPSA) is 113 Å². The summed E-state index contributed by atoms with van der Waals surface area (Å²) in [6.07, 6.45) is -0.813. The molecule has 1 unspecified atom stereocenters. The molecule has 9 nitrogen and oxygen atoms in total. The second-order valence-corrected chi connectivity index (χ2v) is 11.3. The van der Waals surface area contributed by atoms with E-state index in [0.29, 0.717) is 10.6 Å². The smallest absolute Gasteiger partial charge is 0.356 e. The summed E-state index contributed by atoms with van der Waals surface area (Å²) in [6.45, 7) is 1.06. The first-order valence-electron chi connectivity index (χ1n) is 12.5. The summed E-state index contributed by atoms with van der Waals surface area (Å²) in [7, 11) is 0. The second-order valence-electron chi connectivity index (χ2n) is 9.19. The number of amides is 2. The average molecular weight is 579 g/mol. The van der Waals surface area contributed by atoms with E-state index in [1.165, 1.54) is 34.9 Å². The van der Waals surface area contributed by atoms with Crippen LogP contribution in [0.4, 0.5) is 0 Å². The molecule has 2 aliphatic rings. The van der Waals surface area contributed by atoms with E-state index in [2.05, 4.69) is 0 Å². The molecule has 2 atom stereocenters. The number of nitrogens with zero attached hydrogens (tertiary/aromatic N) is 2. The van der Waals surface area contributed by atoms with Crippen molar-refractivity contribution in [2.45, 2.75) is 30.9 Å². The van der Waals surface area contributed by atoms with Crippen molar-refractivity contribution in [2.75, 3.05) is 12.4 Å². The van der Waals surface area contributed by atoms with Crippen molar-refractivity contribution in [3.05, 3.63) is 105 Å². The number of carbonyl (C=O) groups is 4. The molecule has 11 heteroatoms. The highest BCUT2D eigenvalue weighted by atomic mass is 32.2. The Balaban J connectivity index is 1.42. The SMILES string of the molecule is CC(=O)OCC1=C(C(=O)OC(c2ccccc2)c2ccccc2)N2C(=O)C(N(O)C(=O)Cc3cccs3)[C@H]2SC1. The highest BCUT2D eigenvalue weighted by Crippen LogP contribution is 2.43. The van der Waals surface area contributed by atoms with Crippen LogP contribution in [0, 0.1) is 0 Å². The van der Waals surface area contributed by atoms with Crippen LogP contribution in [0.2, 0.25) is 0 Å². The molecule has 1 aromatic heterocycles. The lowest BCUT2D eigenvalue weighted by Gasteiger charge is -2.51. The summed E-state index contributed by atoms with van der Waals surface area (Å²) in [5.41, 5.74) is 1.84. The van der Waals surface area contributed by atoms with Gasteiger partial charge in [0.1, 0.15) is 17.7 Å². The Kier molecular flexibility index (Phi) is 8.34. The monoisotopic (exact) mass is 578 g/mol. The van der Waals surface area contributed by atoms with Crippen LogP contribution in [0.5, 0.6) is 0 Å². The lowest BCUT2D eigenvalue weighted by molar-refractivity contribution is -0.197. The maximum absolute atomic E-state index is 13.8. The average Bonchev–Trinajstić information content (AvgIpc) is 3.48. The van der Waals surface area contributed by atoms with E-state index in [1.807, 2.05) is 66.0 Å². The van der Waals surface area contributed by atoms with Crippen LogP contribution in [-0.2, 0) is 35.1 Å². The maximum atomic E-state index is 13.8. The minimum absolute atomic E-state index is 0.0396. The predicted molar refractivity (Wildman–Crippen MR) is 148 cm³/mol. The molecular formula is C29H26N2O7S2. The third-order valence-corrected chi connectivity index (χ3v) is 8.72. The van der Waals surface area contributed by atoms with Gasteiger partial charge in [-0.2, -0.15) is 0 Å². The molecule has 0 saturated carbocycles. The van der Waals surface area contributed by atoms with Gasteiger partial charge in [-0.1, -0.05) is 66.7 Å². The van der Waals surface area contributed by atoms with Gasteiger partial charge in [0.25, 0.3) is 11.8 Å². The number of hydroxylamine groups is 2. The molecule has 2 aliphatic heterocycles. The third kappa shape index (κ3) is 5.67. The van der Waals surface area contributed by atoms with Gasteiger partial charge in [0, 0.05) is 23.1 Å². The van der Waals surface area contributed by atoms with Gasteiger partial charge in [-0.3, -0.25) is 24.5 Å². The largest absolute Gasteiger partial charge is 0.461 e. The quantitative estimate of drug-likeness (QED) is 0.176. The number of thiophene rings is 1. The van der Waals surface area contributed by atoms with E-state index < -0.39 is 41.3 Å². The van der Waals surface area contributed by atoms with Crippen molar-refractivity contribution < 1.29 is 33.9 Å². The Morgan fingerprint density at radius 2 is 1.68 bits per heavy atom. The zero-order valence-corrected chi connectivity index (χ0v) is 23.1. The Bertz CT molecular complexity index is 1390. The van der Waals surface area contributed by atoms with Gasteiger partial charge < -0.3 is 9.47 Å². The van der Waals surface area contributed by atoms with E-state index in [9.17, 15) is 24.4 Å². The number of hydrogen-bond donors (Lipinski definition) is 1. The molecule has 0 aliphatic carbocycles. The zero-order valence-electron chi connectivity index (χ0n) is 21.5. The van der Waals surface area contributed by atoms with Gasteiger partial charge >= 0.3 is 11.9 Å². The molecule has 3 aromatic rings. The molecule has 40 heavy (non-hydrogen) atoms. The number of hydrogen-bond acceptors (Lipinski definition) is 9. The van der Waals surface area contributed by atoms with Crippen LogP contribution < -0.4 is 0 Å². The highest BCUT2D eigenvalue weighted by Gasteiger charge is 2.57. The van der Waals surface area contributed by atoms with Crippen LogP contribution >= 0.6 is 23.1 Å². The number of fused-ring (bicyclic) bond motifs is 1. The summed E-state index contributed by atoms with van der Waals surface area (Å²) < 4.78 is 11.2. The number of β-lactam (4-membered cyclic amide) rings is 1. The van der Waals surface area contributed by atoms with Crippen molar-refractivity contribution in [1.82, 2.24) is 9.96 Å². The van der Waals surface area contributed by atoms with Gasteiger partial charge in [0.05, 0.1) is 6.42 Å². The lowest BCUT2D eigenvalue weighted by atomic mass is 10.0. The molecule has 0 bridgehead atoms. The van der Waals surface area contributed by atoms with Gasteiger partial charge in [-0.05, 0) is 22.6 Å². The van der Waals surface area contributed by atoms with Crippen LogP contribution in [-0.4, -0.2) is 62.7 Å². The number of esters is 2. The number of benzene rings is 2. The summed E-state index contributed by atoms with van der Waals surface area (Å²) in [4.78, 5) is 53.4. The van der Waals surface area contributed by atoms with E-state index in [4.69, 9.17) is 9.47 Å².